The first-order valence-electron chi connectivity index (χ1n) is 10.2. The summed E-state index contributed by atoms with van der Waals surface area (Å²) in [5.41, 5.74) is 4.39. The molecular formula is C24H29ClN4O2. The van der Waals surface area contributed by atoms with Crippen LogP contribution in [0.1, 0.15) is 38.8 Å². The van der Waals surface area contributed by atoms with Gasteiger partial charge in [0.25, 0.3) is 5.91 Å². The summed E-state index contributed by atoms with van der Waals surface area (Å²) in [5, 5.41) is 7.86. The number of rotatable bonds is 8. The molecule has 1 amide bonds. The molecule has 1 heterocycles. The Balaban J connectivity index is 1.73. The average Bonchev–Trinajstić information content (AvgIpc) is 3.03. The molecule has 0 aliphatic rings. The van der Waals surface area contributed by atoms with Gasteiger partial charge in [-0.15, -0.1) is 0 Å². The van der Waals surface area contributed by atoms with Crippen LogP contribution in [0.2, 0.25) is 5.15 Å². The van der Waals surface area contributed by atoms with Gasteiger partial charge < -0.3 is 15.0 Å². The molecule has 0 bridgehead atoms. The molecule has 0 aliphatic carbocycles. The number of nitrogens with one attached hydrogen (secondary N) is 1. The number of carbonyl (C=O) groups is 1. The Hall–Kier alpha value is -2.83. The fourth-order valence-electron chi connectivity index (χ4n) is 3.48. The second-order valence-corrected chi connectivity index (χ2v) is 8.22. The van der Waals surface area contributed by atoms with Crippen LogP contribution in [-0.4, -0.2) is 48.3 Å². The van der Waals surface area contributed by atoms with Crippen molar-refractivity contribution in [2.24, 2.45) is 0 Å². The van der Waals surface area contributed by atoms with Crippen molar-refractivity contribution in [1.82, 2.24) is 20.0 Å². The molecule has 3 aromatic rings. The number of halogens is 1. The number of hydrogen-bond acceptors (Lipinski definition) is 4. The Morgan fingerprint density at radius 2 is 1.77 bits per heavy atom. The first-order valence-corrected chi connectivity index (χ1v) is 10.5. The quantitative estimate of drug-likeness (QED) is 0.569. The Kier molecular flexibility index (Phi) is 7.36. The summed E-state index contributed by atoms with van der Waals surface area (Å²) in [7, 11) is 5.61. The number of carbonyl (C=O) groups excluding carboxylic acids is 1. The second-order valence-electron chi connectivity index (χ2n) is 7.86. The molecule has 1 N–H and O–H groups in total. The number of likely N-dealkylation sites (N-methyl/N-ethyl adjacent to an activating group) is 1. The summed E-state index contributed by atoms with van der Waals surface area (Å²) >= 11 is 6.55. The van der Waals surface area contributed by atoms with Crippen LogP contribution < -0.4 is 10.1 Å². The maximum absolute atomic E-state index is 13.0. The SMILES string of the molecule is COc1ccc(C(CNC(=O)c2c(C)nn(Cc3ccc(C)cc3)c2Cl)N(C)C)cc1. The molecule has 7 heteroatoms. The van der Waals surface area contributed by atoms with Gasteiger partial charge in [0.2, 0.25) is 0 Å². The number of aromatic nitrogens is 2. The van der Waals surface area contributed by atoms with Gasteiger partial charge in [0, 0.05) is 6.54 Å². The molecule has 0 saturated carbocycles. The van der Waals surface area contributed by atoms with E-state index in [4.69, 9.17) is 16.3 Å². The fourth-order valence-corrected chi connectivity index (χ4v) is 3.80. The highest BCUT2D eigenvalue weighted by Crippen LogP contribution is 2.23. The van der Waals surface area contributed by atoms with E-state index in [2.05, 4.69) is 15.3 Å². The third-order valence-corrected chi connectivity index (χ3v) is 5.71. The second kappa shape index (κ2) is 9.98. The Morgan fingerprint density at radius 3 is 2.35 bits per heavy atom. The summed E-state index contributed by atoms with van der Waals surface area (Å²) in [4.78, 5) is 15.0. The summed E-state index contributed by atoms with van der Waals surface area (Å²) in [6.45, 7) is 4.81. The highest BCUT2D eigenvalue weighted by Gasteiger charge is 2.22. The number of nitrogens with zero attached hydrogens (tertiary/aromatic N) is 3. The molecule has 31 heavy (non-hydrogen) atoms. The van der Waals surface area contributed by atoms with E-state index in [0.717, 1.165) is 16.9 Å². The standard InChI is InChI=1S/C24H29ClN4O2/c1-16-6-8-18(9-7-16)15-29-23(25)22(17(2)27-29)24(30)26-14-21(28(3)4)19-10-12-20(31-5)13-11-19/h6-13,21H,14-15H2,1-5H3,(H,26,30). The molecule has 1 unspecified atom stereocenters. The average molecular weight is 441 g/mol. The first kappa shape index (κ1) is 22.8. The van der Waals surface area contributed by atoms with Gasteiger partial charge in [-0.2, -0.15) is 5.10 Å². The molecule has 1 atom stereocenters. The summed E-state index contributed by atoms with van der Waals surface area (Å²) in [5.74, 6) is 0.576. The lowest BCUT2D eigenvalue weighted by molar-refractivity contribution is 0.0941. The van der Waals surface area contributed by atoms with E-state index < -0.39 is 0 Å². The minimum atomic E-state index is -0.224. The van der Waals surface area contributed by atoms with Crippen LogP contribution in [0.3, 0.4) is 0 Å². The largest absolute Gasteiger partial charge is 0.497 e. The lowest BCUT2D eigenvalue weighted by atomic mass is 10.1. The van der Waals surface area contributed by atoms with Crippen molar-refractivity contribution in [3.8, 4) is 5.75 Å². The van der Waals surface area contributed by atoms with Crippen molar-refractivity contribution in [2.75, 3.05) is 27.7 Å². The third kappa shape index (κ3) is 5.46. The molecular weight excluding hydrogens is 412 g/mol. The zero-order valence-electron chi connectivity index (χ0n) is 18.6. The van der Waals surface area contributed by atoms with E-state index >= 15 is 0 Å². The van der Waals surface area contributed by atoms with E-state index in [9.17, 15) is 4.79 Å². The number of benzene rings is 2. The molecule has 1 aromatic heterocycles. The minimum absolute atomic E-state index is 0.0107. The van der Waals surface area contributed by atoms with E-state index in [1.807, 2.05) is 69.6 Å². The van der Waals surface area contributed by atoms with Gasteiger partial charge >= 0.3 is 0 Å². The maximum atomic E-state index is 13.0. The Bertz CT molecular complexity index is 1030. The van der Waals surface area contributed by atoms with Crippen LogP contribution in [0.4, 0.5) is 0 Å². The van der Waals surface area contributed by atoms with E-state index in [1.54, 1.807) is 18.7 Å². The number of amides is 1. The lowest BCUT2D eigenvalue weighted by Crippen LogP contribution is -2.34. The van der Waals surface area contributed by atoms with Crippen LogP contribution in [0.15, 0.2) is 48.5 Å². The van der Waals surface area contributed by atoms with Gasteiger partial charge in [-0.1, -0.05) is 53.6 Å². The minimum Gasteiger partial charge on any atom is -0.497 e. The van der Waals surface area contributed by atoms with Crippen molar-refractivity contribution < 1.29 is 9.53 Å². The Morgan fingerprint density at radius 1 is 1.13 bits per heavy atom. The lowest BCUT2D eigenvalue weighted by Gasteiger charge is -2.25. The maximum Gasteiger partial charge on any atom is 0.256 e. The molecule has 0 fully saturated rings. The number of hydrogen-bond donors (Lipinski definition) is 1. The predicted octanol–water partition coefficient (Wildman–Crippen LogP) is 4.24. The van der Waals surface area contributed by atoms with E-state index in [0.29, 0.717) is 29.5 Å². The van der Waals surface area contributed by atoms with Gasteiger partial charge in [-0.05, 0) is 51.2 Å². The molecule has 0 spiro atoms. The molecule has 3 rings (SSSR count). The zero-order chi connectivity index (χ0) is 22.5. The highest BCUT2D eigenvalue weighted by molar-refractivity contribution is 6.33. The third-order valence-electron chi connectivity index (χ3n) is 5.33. The zero-order valence-corrected chi connectivity index (χ0v) is 19.4. The monoisotopic (exact) mass is 440 g/mol. The van der Waals surface area contributed by atoms with E-state index in [1.165, 1.54) is 5.56 Å². The Labute approximate surface area is 188 Å². The highest BCUT2D eigenvalue weighted by atomic mass is 35.5. The first-order chi connectivity index (χ1) is 14.8. The molecule has 0 saturated heterocycles. The van der Waals surface area contributed by atoms with Crippen molar-refractivity contribution in [3.63, 3.8) is 0 Å². The van der Waals surface area contributed by atoms with Crippen molar-refractivity contribution in [2.45, 2.75) is 26.4 Å². The van der Waals surface area contributed by atoms with Crippen LogP contribution >= 0.6 is 11.6 Å². The summed E-state index contributed by atoms with van der Waals surface area (Å²) < 4.78 is 6.91. The molecule has 0 aliphatic heterocycles. The van der Waals surface area contributed by atoms with Gasteiger partial charge in [-0.25, -0.2) is 4.68 Å². The van der Waals surface area contributed by atoms with Crippen LogP contribution in [0.25, 0.3) is 0 Å². The van der Waals surface area contributed by atoms with Gasteiger partial charge in [0.15, 0.2) is 0 Å². The predicted molar refractivity (Wildman–Crippen MR) is 124 cm³/mol. The van der Waals surface area contributed by atoms with Gasteiger partial charge in [-0.3, -0.25) is 4.79 Å². The number of methoxy groups -OCH3 is 1. The molecule has 6 nitrogen and oxygen atoms in total. The van der Waals surface area contributed by atoms with E-state index in [-0.39, 0.29) is 11.9 Å². The summed E-state index contributed by atoms with van der Waals surface area (Å²) in [6, 6.07) is 16.0. The fraction of sp³-hybridized carbons (Fsp3) is 0.333. The van der Waals surface area contributed by atoms with Crippen LogP contribution in [-0.2, 0) is 6.54 Å². The topological polar surface area (TPSA) is 59.4 Å². The van der Waals surface area contributed by atoms with Crippen LogP contribution in [0.5, 0.6) is 5.75 Å². The van der Waals surface area contributed by atoms with Gasteiger partial charge in [0.05, 0.1) is 31.0 Å². The van der Waals surface area contributed by atoms with Crippen molar-refractivity contribution in [3.05, 3.63) is 81.6 Å². The molecule has 2 aromatic carbocycles. The summed E-state index contributed by atoms with van der Waals surface area (Å²) in [6.07, 6.45) is 0. The molecule has 164 valence electrons. The normalized spacial score (nSPS) is 12.1. The number of aryl methyl sites for hydroxylation is 2. The molecule has 0 radical (unpaired) electrons. The van der Waals surface area contributed by atoms with Crippen molar-refractivity contribution in [1.29, 1.82) is 0 Å². The van der Waals surface area contributed by atoms with Gasteiger partial charge in [0.1, 0.15) is 10.9 Å². The van der Waals surface area contributed by atoms with Crippen LogP contribution in [0, 0.1) is 13.8 Å². The van der Waals surface area contributed by atoms with Crippen molar-refractivity contribution >= 4 is 17.5 Å². The smallest absolute Gasteiger partial charge is 0.256 e. The number of ether oxygens (including phenoxy) is 1.